The molecule has 1 heterocycles. The van der Waals surface area contributed by atoms with Gasteiger partial charge in [0.1, 0.15) is 5.75 Å². The molecule has 1 aliphatic rings. The van der Waals surface area contributed by atoms with Crippen molar-refractivity contribution in [1.29, 1.82) is 0 Å². The van der Waals surface area contributed by atoms with E-state index in [9.17, 15) is 5.11 Å². The molecule has 2 N–H and O–H groups in total. The summed E-state index contributed by atoms with van der Waals surface area (Å²) in [7, 11) is 0. The highest BCUT2D eigenvalue weighted by atomic mass is 16.5. The lowest BCUT2D eigenvalue weighted by molar-refractivity contribution is 0.0903. The molecular formula is C19H26N2O2. The molecule has 23 heavy (non-hydrogen) atoms. The summed E-state index contributed by atoms with van der Waals surface area (Å²) < 4.78 is 5.73. The Morgan fingerprint density at radius 2 is 2.09 bits per heavy atom. The summed E-state index contributed by atoms with van der Waals surface area (Å²) in [6.45, 7) is 5.00. The molecule has 1 aliphatic carbocycles. The largest absolute Gasteiger partial charge is 0.507 e. The van der Waals surface area contributed by atoms with Gasteiger partial charge >= 0.3 is 0 Å². The lowest BCUT2D eigenvalue weighted by Gasteiger charge is -2.17. The molecule has 2 aromatic rings. The van der Waals surface area contributed by atoms with Crippen LogP contribution in [0.5, 0.6) is 5.75 Å². The minimum atomic E-state index is -0.0247. The summed E-state index contributed by atoms with van der Waals surface area (Å²) in [5.41, 5.74) is 2.85. The van der Waals surface area contributed by atoms with Crippen molar-refractivity contribution in [2.75, 3.05) is 6.73 Å². The van der Waals surface area contributed by atoms with E-state index in [2.05, 4.69) is 30.2 Å². The van der Waals surface area contributed by atoms with Gasteiger partial charge in [0, 0.05) is 13.2 Å². The van der Waals surface area contributed by atoms with E-state index in [1.807, 2.05) is 36.5 Å². The SMILES string of the molecule is CC(C)c1cccc(COCNC2(c3ccccn3)CC2)c1O.[HH]. The number of nitrogens with zero attached hydrogens (tertiary/aromatic N) is 1. The number of ether oxygens (including phenoxy) is 1. The van der Waals surface area contributed by atoms with Crippen LogP contribution in [0, 0.1) is 0 Å². The Bertz CT molecular complexity index is 658. The zero-order valence-electron chi connectivity index (χ0n) is 13.7. The minimum Gasteiger partial charge on any atom is -0.507 e. The molecule has 1 saturated carbocycles. The van der Waals surface area contributed by atoms with Crippen molar-refractivity contribution in [3.8, 4) is 5.75 Å². The fraction of sp³-hybridized carbons (Fsp3) is 0.421. The van der Waals surface area contributed by atoms with Gasteiger partial charge in [-0.2, -0.15) is 0 Å². The summed E-state index contributed by atoms with van der Waals surface area (Å²) in [5, 5.41) is 13.7. The van der Waals surface area contributed by atoms with Crippen LogP contribution in [0.3, 0.4) is 0 Å². The number of aromatic nitrogens is 1. The molecule has 1 fully saturated rings. The number of hydrogen-bond donors (Lipinski definition) is 2. The highest BCUT2D eigenvalue weighted by Gasteiger charge is 2.45. The van der Waals surface area contributed by atoms with Gasteiger partial charge in [0.15, 0.2) is 0 Å². The Labute approximate surface area is 139 Å². The molecule has 0 atom stereocenters. The van der Waals surface area contributed by atoms with Crippen LogP contribution in [0.4, 0.5) is 0 Å². The second kappa shape index (κ2) is 6.69. The van der Waals surface area contributed by atoms with E-state index < -0.39 is 0 Å². The Morgan fingerprint density at radius 3 is 2.74 bits per heavy atom. The number of pyridine rings is 1. The van der Waals surface area contributed by atoms with Gasteiger partial charge in [-0.1, -0.05) is 38.1 Å². The molecule has 4 heteroatoms. The number of nitrogens with one attached hydrogen (secondary N) is 1. The Kier molecular flexibility index (Phi) is 4.64. The van der Waals surface area contributed by atoms with Crippen molar-refractivity contribution < 1.29 is 11.3 Å². The Morgan fingerprint density at radius 1 is 1.26 bits per heavy atom. The van der Waals surface area contributed by atoms with Gasteiger partial charge < -0.3 is 9.84 Å². The Hall–Kier alpha value is -1.91. The van der Waals surface area contributed by atoms with Crippen LogP contribution in [0.25, 0.3) is 0 Å². The molecule has 0 unspecified atom stereocenters. The van der Waals surface area contributed by atoms with Crippen molar-refractivity contribution in [3.05, 3.63) is 59.4 Å². The van der Waals surface area contributed by atoms with Crippen LogP contribution < -0.4 is 5.32 Å². The number of aromatic hydroxyl groups is 1. The summed E-state index contributed by atoms with van der Waals surface area (Å²) in [6.07, 6.45) is 4.00. The molecule has 124 valence electrons. The monoisotopic (exact) mass is 314 g/mol. The fourth-order valence-electron chi connectivity index (χ4n) is 2.84. The maximum absolute atomic E-state index is 10.3. The van der Waals surface area contributed by atoms with E-state index in [0.717, 1.165) is 29.7 Å². The number of benzene rings is 1. The van der Waals surface area contributed by atoms with Crippen LogP contribution in [-0.4, -0.2) is 16.8 Å². The average molecular weight is 314 g/mol. The van der Waals surface area contributed by atoms with Crippen LogP contribution >= 0.6 is 0 Å². The molecule has 0 saturated heterocycles. The first-order valence-corrected chi connectivity index (χ1v) is 8.17. The fourth-order valence-corrected chi connectivity index (χ4v) is 2.84. The minimum absolute atomic E-state index is 0. The zero-order valence-corrected chi connectivity index (χ0v) is 13.7. The third-order valence-corrected chi connectivity index (χ3v) is 4.45. The van der Waals surface area contributed by atoms with Gasteiger partial charge in [0.25, 0.3) is 0 Å². The highest BCUT2D eigenvalue weighted by Crippen LogP contribution is 2.44. The average Bonchev–Trinajstić information content (AvgIpc) is 3.35. The Balaban J connectivity index is 0.00000208. The van der Waals surface area contributed by atoms with Crippen LogP contribution in [0.15, 0.2) is 42.6 Å². The van der Waals surface area contributed by atoms with Crippen molar-refractivity contribution in [3.63, 3.8) is 0 Å². The van der Waals surface area contributed by atoms with Crippen LogP contribution in [0.1, 0.15) is 50.9 Å². The summed E-state index contributed by atoms with van der Waals surface area (Å²) in [5.74, 6) is 0.653. The lowest BCUT2D eigenvalue weighted by atomic mass is 9.99. The molecule has 0 spiro atoms. The summed E-state index contributed by atoms with van der Waals surface area (Å²) in [6, 6.07) is 11.8. The van der Waals surface area contributed by atoms with Crippen molar-refractivity contribution in [1.82, 2.24) is 10.3 Å². The van der Waals surface area contributed by atoms with Crippen molar-refractivity contribution in [2.24, 2.45) is 0 Å². The number of hydrogen-bond acceptors (Lipinski definition) is 4. The maximum Gasteiger partial charge on any atom is 0.124 e. The van der Waals surface area contributed by atoms with E-state index in [1.54, 1.807) is 0 Å². The first-order valence-electron chi connectivity index (χ1n) is 8.17. The van der Waals surface area contributed by atoms with Gasteiger partial charge in [0.2, 0.25) is 0 Å². The molecule has 1 aromatic carbocycles. The topological polar surface area (TPSA) is 54.4 Å². The van der Waals surface area contributed by atoms with E-state index in [4.69, 9.17) is 4.74 Å². The summed E-state index contributed by atoms with van der Waals surface area (Å²) in [4.78, 5) is 4.44. The smallest absolute Gasteiger partial charge is 0.124 e. The summed E-state index contributed by atoms with van der Waals surface area (Å²) >= 11 is 0. The van der Waals surface area contributed by atoms with Crippen LogP contribution in [0.2, 0.25) is 0 Å². The number of phenols is 1. The second-order valence-electron chi connectivity index (χ2n) is 6.48. The first-order chi connectivity index (χ1) is 11.1. The van der Waals surface area contributed by atoms with E-state index >= 15 is 0 Å². The third-order valence-electron chi connectivity index (χ3n) is 4.45. The quantitative estimate of drug-likeness (QED) is 0.601. The predicted octanol–water partition coefficient (Wildman–Crippen LogP) is 3.91. The van der Waals surface area contributed by atoms with Gasteiger partial charge in [-0.25, -0.2) is 0 Å². The van der Waals surface area contributed by atoms with Gasteiger partial charge in [0.05, 0.1) is 24.6 Å². The standard InChI is InChI=1S/C19H24N2O2.H2/c1-14(2)16-7-5-6-15(18(16)22)12-23-13-21-19(9-10-19)17-8-3-4-11-20-17;/h3-8,11,14,21-22H,9-10,12-13H2,1-2H3;1H. The van der Waals surface area contributed by atoms with E-state index in [0.29, 0.717) is 25.0 Å². The number of rotatable bonds is 7. The first kappa shape index (κ1) is 16.0. The molecule has 1 aromatic heterocycles. The maximum atomic E-state index is 10.3. The lowest BCUT2D eigenvalue weighted by Crippen LogP contribution is -2.31. The molecule has 0 aliphatic heterocycles. The molecule has 4 nitrogen and oxygen atoms in total. The molecule has 0 radical (unpaired) electrons. The predicted molar refractivity (Wildman–Crippen MR) is 92.3 cm³/mol. The van der Waals surface area contributed by atoms with E-state index in [-0.39, 0.29) is 6.97 Å². The molecule has 0 bridgehead atoms. The van der Waals surface area contributed by atoms with E-state index in [1.165, 1.54) is 0 Å². The number of para-hydroxylation sites is 1. The van der Waals surface area contributed by atoms with Gasteiger partial charge in [-0.3, -0.25) is 10.3 Å². The highest BCUT2D eigenvalue weighted by molar-refractivity contribution is 5.41. The second-order valence-corrected chi connectivity index (χ2v) is 6.48. The van der Waals surface area contributed by atoms with Gasteiger partial charge in [-0.15, -0.1) is 0 Å². The molecule has 3 rings (SSSR count). The zero-order chi connectivity index (χ0) is 16.3. The van der Waals surface area contributed by atoms with Crippen LogP contribution in [-0.2, 0) is 16.9 Å². The van der Waals surface area contributed by atoms with Crippen molar-refractivity contribution >= 4 is 0 Å². The normalized spacial score (nSPS) is 15.8. The van der Waals surface area contributed by atoms with Crippen molar-refractivity contribution in [2.45, 2.75) is 44.8 Å². The molecular weight excluding hydrogens is 288 g/mol. The third kappa shape index (κ3) is 3.54. The molecule has 0 amide bonds. The van der Waals surface area contributed by atoms with Gasteiger partial charge in [-0.05, 0) is 36.5 Å². The number of phenolic OH excluding ortho intramolecular Hbond substituents is 1.